The topological polar surface area (TPSA) is 98.7 Å². The van der Waals surface area contributed by atoms with Gasteiger partial charge < -0.3 is 20.2 Å². The van der Waals surface area contributed by atoms with Gasteiger partial charge in [-0.1, -0.05) is 0 Å². The maximum absolute atomic E-state index is 14.2. The molecule has 0 saturated carbocycles. The van der Waals surface area contributed by atoms with E-state index in [1.165, 1.54) is 4.90 Å². The highest BCUT2D eigenvalue weighted by atomic mass is 32.1. The number of hydrogen-bond acceptors (Lipinski definition) is 7. The molecule has 2 amide bonds. The molecule has 4 rings (SSSR count). The van der Waals surface area contributed by atoms with Gasteiger partial charge in [0.25, 0.3) is 11.8 Å². The number of nitrogens with one attached hydrogen (secondary N) is 1. The molecule has 1 atom stereocenters. The van der Waals surface area contributed by atoms with Crippen molar-refractivity contribution in [3.63, 3.8) is 0 Å². The molecule has 2 aromatic rings. The summed E-state index contributed by atoms with van der Waals surface area (Å²) in [5, 5.41) is 12.1. The Morgan fingerprint density at radius 3 is 2.47 bits per heavy atom. The Morgan fingerprint density at radius 2 is 1.92 bits per heavy atom. The average Bonchev–Trinajstić information content (AvgIpc) is 3.37. The highest BCUT2D eigenvalue weighted by Gasteiger charge is 2.39. The van der Waals surface area contributed by atoms with Crippen LogP contribution < -0.4 is 5.32 Å². The largest absolute Gasteiger partial charge is 0.417 e. The van der Waals surface area contributed by atoms with Gasteiger partial charge in [-0.2, -0.15) is 13.2 Å². The molecule has 2 aliphatic rings. The minimum atomic E-state index is -4.73. The molecule has 4 heterocycles. The third kappa shape index (κ3) is 5.34. The molecule has 2 N–H and O–H groups in total. The van der Waals surface area contributed by atoms with Gasteiger partial charge in [-0.25, -0.2) is 9.97 Å². The maximum Gasteiger partial charge on any atom is 0.417 e. The Kier molecular flexibility index (Phi) is 7.04. The average molecular weight is 526 g/mol. The van der Waals surface area contributed by atoms with Gasteiger partial charge in [0.1, 0.15) is 11.5 Å². The van der Waals surface area contributed by atoms with Gasteiger partial charge >= 0.3 is 6.18 Å². The first-order valence-corrected chi connectivity index (χ1v) is 12.7. The molecule has 196 valence electrons. The van der Waals surface area contributed by atoms with E-state index in [1.54, 1.807) is 4.90 Å². The van der Waals surface area contributed by atoms with Crippen LogP contribution in [0.3, 0.4) is 0 Å². The number of anilines is 1. The van der Waals surface area contributed by atoms with Crippen LogP contribution in [-0.2, 0) is 6.18 Å². The fourth-order valence-corrected chi connectivity index (χ4v) is 5.47. The summed E-state index contributed by atoms with van der Waals surface area (Å²) < 4.78 is 42.6. The van der Waals surface area contributed by atoms with Crippen molar-refractivity contribution < 1.29 is 27.9 Å². The van der Waals surface area contributed by atoms with E-state index >= 15 is 0 Å². The first kappa shape index (κ1) is 26.3. The van der Waals surface area contributed by atoms with Crippen LogP contribution in [0.25, 0.3) is 10.4 Å². The maximum atomic E-state index is 14.2. The van der Waals surface area contributed by atoms with Crippen molar-refractivity contribution in [2.45, 2.75) is 58.3 Å². The van der Waals surface area contributed by atoms with Crippen molar-refractivity contribution >= 4 is 29.0 Å². The Labute approximate surface area is 211 Å². The number of alkyl halides is 3. The lowest BCUT2D eigenvalue weighted by molar-refractivity contribution is -0.137. The molecule has 0 radical (unpaired) electrons. The molecule has 0 spiro atoms. The smallest absolute Gasteiger partial charge is 0.396 e. The summed E-state index contributed by atoms with van der Waals surface area (Å²) in [6, 6.07) is 0.848. The lowest BCUT2D eigenvalue weighted by atomic mass is 10.0. The third-order valence-corrected chi connectivity index (χ3v) is 7.36. The van der Waals surface area contributed by atoms with E-state index in [-0.39, 0.29) is 45.5 Å². The Hall–Kier alpha value is -2.73. The van der Waals surface area contributed by atoms with Gasteiger partial charge in [-0.3, -0.25) is 9.59 Å². The molecule has 8 nitrogen and oxygen atoms in total. The Morgan fingerprint density at radius 1 is 1.22 bits per heavy atom. The van der Waals surface area contributed by atoms with Crippen LogP contribution in [0.2, 0.25) is 0 Å². The number of carbonyl (C=O) groups is 2. The quantitative estimate of drug-likeness (QED) is 0.610. The van der Waals surface area contributed by atoms with E-state index in [4.69, 9.17) is 0 Å². The van der Waals surface area contributed by atoms with E-state index in [2.05, 4.69) is 15.3 Å². The second-order valence-electron chi connectivity index (χ2n) is 10.4. The number of halogens is 3. The third-order valence-electron chi connectivity index (χ3n) is 6.29. The first-order valence-electron chi connectivity index (χ1n) is 11.9. The summed E-state index contributed by atoms with van der Waals surface area (Å²) >= 11 is 0.772. The lowest BCUT2D eigenvalue weighted by Crippen LogP contribution is -2.51. The zero-order valence-corrected chi connectivity index (χ0v) is 21.5. The van der Waals surface area contributed by atoms with Crippen molar-refractivity contribution in [3.8, 4) is 10.4 Å². The van der Waals surface area contributed by atoms with E-state index in [9.17, 15) is 27.9 Å². The zero-order valence-electron chi connectivity index (χ0n) is 20.6. The molecule has 0 aliphatic carbocycles. The normalized spacial score (nSPS) is 18.9. The van der Waals surface area contributed by atoms with Crippen LogP contribution in [0, 0.1) is 5.92 Å². The van der Waals surface area contributed by atoms with Crippen LogP contribution in [0.15, 0.2) is 12.3 Å². The molecular weight excluding hydrogens is 495 g/mol. The van der Waals surface area contributed by atoms with E-state index < -0.39 is 29.1 Å². The molecule has 2 aliphatic heterocycles. The minimum absolute atomic E-state index is 0.0242. The van der Waals surface area contributed by atoms with Gasteiger partial charge in [-0.05, 0) is 46.6 Å². The Balaban J connectivity index is 1.80. The summed E-state index contributed by atoms with van der Waals surface area (Å²) in [5.74, 6) is -0.945. The van der Waals surface area contributed by atoms with Crippen LogP contribution in [-0.4, -0.2) is 74.5 Å². The number of carbonyl (C=O) groups excluding carboxylic acids is 2. The number of pyridine rings is 1. The van der Waals surface area contributed by atoms with Gasteiger partial charge in [-0.15, -0.1) is 11.3 Å². The fraction of sp³-hybridized carbons (Fsp3) is 0.583. The Bertz CT molecular complexity index is 1150. The molecule has 2 fully saturated rings. The summed E-state index contributed by atoms with van der Waals surface area (Å²) in [7, 11) is 0. The fourth-order valence-electron chi connectivity index (χ4n) is 4.42. The van der Waals surface area contributed by atoms with Crippen LogP contribution >= 0.6 is 11.3 Å². The van der Waals surface area contributed by atoms with Crippen LogP contribution in [0.4, 0.5) is 19.0 Å². The molecule has 0 bridgehead atoms. The van der Waals surface area contributed by atoms with E-state index in [0.29, 0.717) is 19.6 Å². The highest BCUT2D eigenvalue weighted by molar-refractivity contribution is 7.17. The van der Waals surface area contributed by atoms with Crippen molar-refractivity contribution in [2.24, 2.45) is 5.92 Å². The minimum Gasteiger partial charge on any atom is -0.396 e. The lowest BCUT2D eigenvalue weighted by Gasteiger charge is -2.37. The molecule has 0 aromatic carbocycles. The number of rotatable bonds is 5. The zero-order chi connectivity index (χ0) is 26.4. The molecule has 2 saturated heterocycles. The number of nitrogens with zero attached hydrogens (tertiary/aromatic N) is 4. The van der Waals surface area contributed by atoms with E-state index in [1.807, 2.05) is 27.7 Å². The highest BCUT2D eigenvalue weighted by Crippen LogP contribution is 2.42. The predicted molar refractivity (Wildman–Crippen MR) is 130 cm³/mol. The number of amides is 2. The van der Waals surface area contributed by atoms with Gasteiger partial charge in [0.2, 0.25) is 0 Å². The summed E-state index contributed by atoms with van der Waals surface area (Å²) in [6.45, 7) is 8.39. The monoisotopic (exact) mass is 525 g/mol. The van der Waals surface area contributed by atoms with Gasteiger partial charge in [0.05, 0.1) is 10.4 Å². The molecule has 2 aromatic heterocycles. The number of thiazole rings is 1. The second kappa shape index (κ2) is 9.62. The SMILES string of the molecule is CC1CCCN1C(=O)c1nc(C(=O)N2CC(CO)C2)sc1-c1cnc(NC(C)(C)C)cc1C(F)(F)F. The van der Waals surface area contributed by atoms with Gasteiger partial charge in [0, 0.05) is 55.5 Å². The molecule has 1 unspecified atom stereocenters. The molecular formula is C24H30F3N5O3S. The summed E-state index contributed by atoms with van der Waals surface area (Å²) in [5.41, 5.74) is -1.93. The number of likely N-dealkylation sites (tertiary alicyclic amines) is 2. The van der Waals surface area contributed by atoms with Crippen LogP contribution in [0.1, 0.15) is 66.4 Å². The van der Waals surface area contributed by atoms with E-state index in [0.717, 1.165) is 36.4 Å². The van der Waals surface area contributed by atoms with Crippen molar-refractivity contribution in [1.29, 1.82) is 0 Å². The summed E-state index contributed by atoms with van der Waals surface area (Å²) in [6.07, 6.45) is -2.06. The number of aliphatic hydroxyl groups excluding tert-OH is 1. The van der Waals surface area contributed by atoms with Crippen molar-refractivity contribution in [2.75, 3.05) is 31.6 Å². The standard InChI is InChI=1S/C24H30F3N5O3S/c1-13-6-5-7-32(13)21(34)18-19(36-20(29-18)22(35)31-10-14(11-31)12-33)15-9-28-17(30-23(2,3)4)8-16(15)24(25,26)27/h8-9,13-14,33H,5-7,10-12H2,1-4H3,(H,28,30). The van der Waals surface area contributed by atoms with Crippen LogP contribution in [0.5, 0.6) is 0 Å². The molecule has 12 heteroatoms. The number of aliphatic hydroxyl groups is 1. The van der Waals surface area contributed by atoms with Crippen molar-refractivity contribution in [1.82, 2.24) is 19.8 Å². The second-order valence-corrected chi connectivity index (χ2v) is 11.4. The number of hydrogen-bond donors (Lipinski definition) is 2. The van der Waals surface area contributed by atoms with Gasteiger partial charge in [0.15, 0.2) is 5.01 Å². The summed E-state index contributed by atoms with van der Waals surface area (Å²) in [4.78, 5) is 38.0. The van der Waals surface area contributed by atoms with Crippen molar-refractivity contribution in [3.05, 3.63) is 28.5 Å². The molecule has 36 heavy (non-hydrogen) atoms. The first-order chi connectivity index (χ1) is 16.8. The predicted octanol–water partition coefficient (Wildman–Crippen LogP) is 4.12. The number of aromatic nitrogens is 2.